The fraction of sp³-hybridized carbons (Fsp3) is 0.219. The predicted molar refractivity (Wildman–Crippen MR) is 161 cm³/mol. The highest BCUT2D eigenvalue weighted by molar-refractivity contribution is 7.20. The van der Waals surface area contributed by atoms with Crippen LogP contribution in [-0.4, -0.2) is 33.9 Å². The molecule has 0 unspecified atom stereocenters. The zero-order chi connectivity index (χ0) is 28.3. The smallest absolute Gasteiger partial charge is 0.342 e. The summed E-state index contributed by atoms with van der Waals surface area (Å²) in [5.74, 6) is 0.757. The Morgan fingerprint density at radius 3 is 2.56 bits per heavy atom. The number of fused-ring (bicyclic) bond motifs is 1. The molecule has 0 spiro atoms. The van der Waals surface area contributed by atoms with Crippen molar-refractivity contribution in [2.24, 2.45) is 0 Å². The van der Waals surface area contributed by atoms with Gasteiger partial charge in [0.05, 0.1) is 23.4 Å². The van der Waals surface area contributed by atoms with Crippen LogP contribution in [0, 0.1) is 0 Å². The number of aromatic nitrogens is 2. The maximum Gasteiger partial charge on any atom is 0.342 e. The number of rotatable bonds is 7. The number of nitrogens with one attached hydrogen (secondary N) is 2. The van der Waals surface area contributed by atoms with Crippen LogP contribution in [0.25, 0.3) is 21.3 Å². The Labute approximate surface area is 241 Å². The standard InChI is InChI=1S/C32H30N4O4S/c1-40-24-13-10-20(11-14-24)19-33-32(39)36-27(21-6-2-3-7-21)18-26(35-36)25-17-23(12-15-28(25)37)34-31(38)30-16-22-8-4-5-9-29(22)41-30/h4-5,8-18,21,37H,2-3,6-7,19H2,1H3,(H,33,39)(H,34,38). The van der Waals surface area contributed by atoms with Gasteiger partial charge in [-0.3, -0.25) is 4.79 Å². The normalized spacial score (nSPS) is 13.4. The number of nitrogens with zero attached hydrogens (tertiary/aromatic N) is 2. The number of carbonyl (C=O) groups is 2. The third-order valence-corrected chi connectivity index (χ3v) is 8.60. The van der Waals surface area contributed by atoms with E-state index in [1.54, 1.807) is 19.2 Å². The molecular weight excluding hydrogens is 536 g/mol. The van der Waals surface area contributed by atoms with Crippen molar-refractivity contribution in [2.45, 2.75) is 38.1 Å². The van der Waals surface area contributed by atoms with E-state index in [0.29, 0.717) is 28.4 Å². The van der Waals surface area contributed by atoms with Gasteiger partial charge in [-0.05, 0) is 72.3 Å². The zero-order valence-electron chi connectivity index (χ0n) is 22.6. The Morgan fingerprint density at radius 2 is 1.80 bits per heavy atom. The largest absolute Gasteiger partial charge is 0.507 e. The van der Waals surface area contributed by atoms with Crippen molar-refractivity contribution in [3.05, 3.63) is 95.0 Å². The Morgan fingerprint density at radius 1 is 1.02 bits per heavy atom. The van der Waals surface area contributed by atoms with Crippen LogP contribution >= 0.6 is 11.3 Å². The first-order valence-electron chi connectivity index (χ1n) is 13.6. The van der Waals surface area contributed by atoms with E-state index in [4.69, 9.17) is 4.74 Å². The highest BCUT2D eigenvalue weighted by atomic mass is 32.1. The van der Waals surface area contributed by atoms with Crippen LogP contribution in [0.4, 0.5) is 10.5 Å². The number of benzene rings is 3. The second kappa shape index (κ2) is 11.5. The van der Waals surface area contributed by atoms with E-state index in [-0.39, 0.29) is 23.6 Å². The van der Waals surface area contributed by atoms with E-state index in [9.17, 15) is 14.7 Å². The number of hydrogen-bond acceptors (Lipinski definition) is 6. The van der Waals surface area contributed by atoms with Gasteiger partial charge in [0.2, 0.25) is 0 Å². The number of phenolic OH excluding ortho intramolecular Hbond substituents is 1. The molecule has 1 aliphatic carbocycles. The maximum absolute atomic E-state index is 13.3. The SMILES string of the molecule is COc1ccc(CNC(=O)n2nc(-c3cc(NC(=O)c4cc5ccccc5s4)ccc3O)cc2C2CCCC2)cc1. The quantitative estimate of drug-likeness (QED) is 0.182. The first-order valence-corrected chi connectivity index (χ1v) is 14.4. The molecule has 41 heavy (non-hydrogen) atoms. The number of methoxy groups -OCH3 is 1. The van der Waals surface area contributed by atoms with Crippen LogP contribution in [0.2, 0.25) is 0 Å². The summed E-state index contributed by atoms with van der Waals surface area (Å²) in [5.41, 5.74) is 3.21. The molecule has 5 aromatic rings. The van der Waals surface area contributed by atoms with Crippen molar-refractivity contribution in [3.8, 4) is 22.8 Å². The fourth-order valence-electron chi connectivity index (χ4n) is 5.30. The predicted octanol–water partition coefficient (Wildman–Crippen LogP) is 7.15. The number of aromatic hydroxyl groups is 1. The number of hydrogen-bond donors (Lipinski definition) is 3. The molecule has 8 nitrogen and oxygen atoms in total. The monoisotopic (exact) mass is 566 g/mol. The molecule has 0 atom stereocenters. The van der Waals surface area contributed by atoms with Gasteiger partial charge in [0.1, 0.15) is 11.5 Å². The number of phenols is 1. The number of thiophene rings is 1. The van der Waals surface area contributed by atoms with E-state index in [2.05, 4.69) is 15.7 Å². The van der Waals surface area contributed by atoms with Gasteiger partial charge in [-0.25, -0.2) is 4.79 Å². The second-order valence-electron chi connectivity index (χ2n) is 10.2. The van der Waals surface area contributed by atoms with Crippen LogP contribution in [-0.2, 0) is 6.54 Å². The average molecular weight is 567 g/mol. The summed E-state index contributed by atoms with van der Waals surface area (Å²) >= 11 is 1.43. The van der Waals surface area contributed by atoms with Crippen LogP contribution in [0.3, 0.4) is 0 Å². The average Bonchev–Trinajstić information content (AvgIpc) is 3.77. The summed E-state index contributed by atoms with van der Waals surface area (Å²) in [6.07, 6.45) is 4.16. The van der Waals surface area contributed by atoms with Crippen molar-refractivity contribution in [1.82, 2.24) is 15.1 Å². The lowest BCUT2D eigenvalue weighted by atomic mass is 10.0. The Balaban J connectivity index is 1.25. The van der Waals surface area contributed by atoms with Crippen molar-refractivity contribution in [2.75, 3.05) is 12.4 Å². The number of carbonyl (C=O) groups excluding carboxylic acids is 2. The molecule has 208 valence electrons. The Hall–Kier alpha value is -4.63. The van der Waals surface area contributed by atoms with E-state index < -0.39 is 0 Å². The lowest BCUT2D eigenvalue weighted by molar-refractivity contribution is 0.103. The topological polar surface area (TPSA) is 105 Å². The van der Waals surface area contributed by atoms with Gasteiger partial charge in [0.25, 0.3) is 5.91 Å². The molecular formula is C32H30N4O4S. The molecule has 2 aromatic heterocycles. The summed E-state index contributed by atoms with van der Waals surface area (Å²) in [5, 5.41) is 22.3. The molecule has 1 aliphatic rings. The van der Waals surface area contributed by atoms with Gasteiger partial charge in [-0.1, -0.05) is 43.2 Å². The van der Waals surface area contributed by atoms with Crippen LogP contribution < -0.4 is 15.4 Å². The number of anilines is 1. The summed E-state index contributed by atoms with van der Waals surface area (Å²) < 4.78 is 7.68. The first-order chi connectivity index (χ1) is 20.0. The summed E-state index contributed by atoms with van der Waals surface area (Å²) in [4.78, 5) is 27.0. The van der Waals surface area contributed by atoms with Gasteiger partial charge in [-0.2, -0.15) is 9.78 Å². The van der Waals surface area contributed by atoms with Gasteiger partial charge >= 0.3 is 6.03 Å². The minimum absolute atomic E-state index is 0.0196. The zero-order valence-corrected chi connectivity index (χ0v) is 23.4. The molecule has 0 saturated heterocycles. The summed E-state index contributed by atoms with van der Waals surface area (Å²) in [6.45, 7) is 0.340. The Bertz CT molecular complexity index is 1680. The van der Waals surface area contributed by atoms with Crippen molar-refractivity contribution < 1.29 is 19.4 Å². The third-order valence-electron chi connectivity index (χ3n) is 7.49. The molecule has 1 fully saturated rings. The van der Waals surface area contributed by atoms with E-state index in [0.717, 1.165) is 52.8 Å². The molecule has 6 rings (SSSR count). The van der Waals surface area contributed by atoms with Gasteiger partial charge in [-0.15, -0.1) is 11.3 Å². The van der Waals surface area contributed by atoms with E-state index in [1.807, 2.05) is 60.7 Å². The lowest BCUT2D eigenvalue weighted by Gasteiger charge is -2.12. The minimum atomic E-state index is -0.331. The molecule has 1 saturated carbocycles. The summed E-state index contributed by atoms with van der Waals surface area (Å²) in [6, 6.07) is 23.7. The van der Waals surface area contributed by atoms with E-state index in [1.165, 1.54) is 22.1 Å². The summed E-state index contributed by atoms with van der Waals surface area (Å²) in [7, 11) is 1.61. The van der Waals surface area contributed by atoms with Crippen molar-refractivity contribution >= 4 is 39.0 Å². The maximum atomic E-state index is 13.3. The van der Waals surface area contributed by atoms with E-state index >= 15 is 0 Å². The second-order valence-corrected chi connectivity index (χ2v) is 11.3. The molecule has 2 amide bonds. The Kier molecular flexibility index (Phi) is 7.43. The molecule has 0 aliphatic heterocycles. The van der Waals surface area contributed by atoms with Crippen LogP contribution in [0.5, 0.6) is 11.5 Å². The van der Waals surface area contributed by atoms with Crippen molar-refractivity contribution in [1.29, 1.82) is 0 Å². The number of ether oxygens (including phenoxy) is 1. The van der Waals surface area contributed by atoms with Gasteiger partial charge < -0.3 is 20.5 Å². The molecule has 2 heterocycles. The molecule has 3 N–H and O–H groups in total. The molecule has 0 bridgehead atoms. The fourth-order valence-corrected chi connectivity index (χ4v) is 6.26. The number of amides is 2. The molecule has 3 aromatic carbocycles. The highest BCUT2D eigenvalue weighted by Crippen LogP contribution is 2.38. The highest BCUT2D eigenvalue weighted by Gasteiger charge is 2.26. The van der Waals surface area contributed by atoms with Crippen molar-refractivity contribution in [3.63, 3.8) is 0 Å². The van der Waals surface area contributed by atoms with Crippen LogP contribution in [0.1, 0.15) is 52.5 Å². The minimum Gasteiger partial charge on any atom is -0.507 e. The third kappa shape index (κ3) is 5.67. The van der Waals surface area contributed by atoms with Gasteiger partial charge in [0, 0.05) is 28.4 Å². The molecule has 9 heteroatoms. The molecule has 0 radical (unpaired) electrons. The first kappa shape index (κ1) is 26.6. The lowest BCUT2D eigenvalue weighted by Crippen LogP contribution is -2.30. The van der Waals surface area contributed by atoms with Gasteiger partial charge in [0.15, 0.2) is 0 Å². The van der Waals surface area contributed by atoms with Crippen LogP contribution in [0.15, 0.2) is 78.9 Å².